The fourth-order valence-electron chi connectivity index (χ4n) is 1.54. The Morgan fingerprint density at radius 1 is 1.46 bits per heavy atom. The zero-order valence-corrected chi connectivity index (χ0v) is 9.24. The van der Waals surface area contributed by atoms with Crippen LogP contribution in [0.4, 0.5) is 0 Å². The van der Waals surface area contributed by atoms with E-state index in [4.69, 9.17) is 4.74 Å². The van der Waals surface area contributed by atoms with Crippen LogP contribution in [0.15, 0.2) is 0 Å². The maximum absolute atomic E-state index is 5.57. The second-order valence-corrected chi connectivity index (χ2v) is 4.92. The van der Waals surface area contributed by atoms with E-state index in [0.29, 0.717) is 0 Å². The Morgan fingerprint density at radius 2 is 2.15 bits per heavy atom. The van der Waals surface area contributed by atoms with Gasteiger partial charge in [0.15, 0.2) is 0 Å². The highest BCUT2D eigenvalue weighted by molar-refractivity contribution is 4.93. The molecule has 1 aliphatic rings. The molecule has 0 aromatic carbocycles. The van der Waals surface area contributed by atoms with Gasteiger partial charge in [-0.25, -0.2) is 0 Å². The van der Waals surface area contributed by atoms with E-state index < -0.39 is 0 Å². The molecule has 1 aliphatic heterocycles. The van der Waals surface area contributed by atoms with Crippen LogP contribution in [-0.2, 0) is 4.74 Å². The summed E-state index contributed by atoms with van der Waals surface area (Å²) >= 11 is 0. The van der Waals surface area contributed by atoms with Crippen molar-refractivity contribution in [2.75, 3.05) is 26.7 Å². The Hall–Kier alpha value is -0.120. The highest BCUT2D eigenvalue weighted by Crippen LogP contribution is 2.18. The molecule has 1 rings (SSSR count). The van der Waals surface area contributed by atoms with Gasteiger partial charge >= 0.3 is 0 Å². The summed E-state index contributed by atoms with van der Waals surface area (Å²) in [5, 5.41) is 6.83. The monoisotopic (exact) mass is 186 g/mol. The first-order valence-electron chi connectivity index (χ1n) is 4.98. The van der Waals surface area contributed by atoms with Gasteiger partial charge in [0.1, 0.15) is 0 Å². The minimum Gasteiger partial charge on any atom is -0.376 e. The molecule has 3 nitrogen and oxygen atoms in total. The summed E-state index contributed by atoms with van der Waals surface area (Å²) in [7, 11) is 1.80. The molecule has 0 saturated carbocycles. The van der Waals surface area contributed by atoms with Crippen molar-refractivity contribution in [2.45, 2.75) is 38.3 Å². The molecule has 13 heavy (non-hydrogen) atoms. The van der Waals surface area contributed by atoms with Gasteiger partial charge in [-0.3, -0.25) is 0 Å². The first-order chi connectivity index (χ1) is 5.97. The highest BCUT2D eigenvalue weighted by Gasteiger charge is 2.34. The van der Waals surface area contributed by atoms with E-state index in [1.54, 1.807) is 7.11 Å². The van der Waals surface area contributed by atoms with Gasteiger partial charge < -0.3 is 15.4 Å². The number of hydrogen-bond acceptors (Lipinski definition) is 3. The lowest BCUT2D eigenvalue weighted by Gasteiger charge is -2.31. The van der Waals surface area contributed by atoms with E-state index in [-0.39, 0.29) is 11.1 Å². The summed E-state index contributed by atoms with van der Waals surface area (Å²) in [6, 6.07) is 0. The van der Waals surface area contributed by atoms with E-state index in [2.05, 4.69) is 31.4 Å². The molecular formula is C10H22N2O. The molecule has 1 saturated heterocycles. The van der Waals surface area contributed by atoms with Gasteiger partial charge in [-0.2, -0.15) is 0 Å². The third-order valence-corrected chi connectivity index (χ3v) is 2.58. The van der Waals surface area contributed by atoms with Gasteiger partial charge in [0.05, 0.1) is 5.60 Å². The van der Waals surface area contributed by atoms with Gasteiger partial charge in [0.25, 0.3) is 0 Å². The van der Waals surface area contributed by atoms with E-state index >= 15 is 0 Å². The molecule has 0 aromatic heterocycles. The molecule has 0 bridgehead atoms. The van der Waals surface area contributed by atoms with Gasteiger partial charge in [-0.1, -0.05) is 0 Å². The van der Waals surface area contributed by atoms with Crippen molar-refractivity contribution < 1.29 is 4.74 Å². The highest BCUT2D eigenvalue weighted by atomic mass is 16.5. The van der Waals surface area contributed by atoms with E-state index in [1.807, 2.05) is 0 Å². The zero-order chi connectivity index (χ0) is 9.95. The summed E-state index contributed by atoms with van der Waals surface area (Å²) in [6.45, 7) is 9.50. The summed E-state index contributed by atoms with van der Waals surface area (Å²) in [6.07, 6.45) is 1.10. The first-order valence-corrected chi connectivity index (χ1v) is 4.98. The van der Waals surface area contributed by atoms with Crippen molar-refractivity contribution >= 4 is 0 Å². The van der Waals surface area contributed by atoms with Gasteiger partial charge in [-0.15, -0.1) is 0 Å². The summed E-state index contributed by atoms with van der Waals surface area (Å²) < 4.78 is 5.57. The fraction of sp³-hybridized carbons (Fsp3) is 1.00. The Balaban J connectivity index is 2.40. The quantitative estimate of drug-likeness (QED) is 0.682. The molecule has 0 radical (unpaired) electrons. The Labute approximate surface area is 81.2 Å². The molecule has 0 amide bonds. The van der Waals surface area contributed by atoms with Gasteiger partial charge in [0.2, 0.25) is 0 Å². The van der Waals surface area contributed by atoms with Gasteiger partial charge in [0, 0.05) is 25.7 Å². The molecule has 0 aromatic rings. The van der Waals surface area contributed by atoms with Crippen molar-refractivity contribution in [1.82, 2.24) is 10.6 Å². The maximum atomic E-state index is 5.57. The lowest BCUT2D eigenvalue weighted by molar-refractivity contribution is 0.00367. The molecule has 1 heterocycles. The van der Waals surface area contributed by atoms with Crippen LogP contribution in [0.25, 0.3) is 0 Å². The first kappa shape index (κ1) is 11.0. The van der Waals surface area contributed by atoms with Crippen LogP contribution < -0.4 is 10.6 Å². The number of nitrogens with one attached hydrogen (secondary N) is 2. The Bertz CT molecular complexity index is 157. The molecule has 2 N–H and O–H groups in total. The van der Waals surface area contributed by atoms with E-state index in [0.717, 1.165) is 26.1 Å². The minimum absolute atomic E-state index is 0.0211. The largest absolute Gasteiger partial charge is 0.376 e. The third kappa shape index (κ3) is 3.25. The molecular weight excluding hydrogens is 164 g/mol. The number of methoxy groups -OCH3 is 1. The molecule has 0 spiro atoms. The van der Waals surface area contributed by atoms with Crippen LogP contribution in [-0.4, -0.2) is 37.9 Å². The van der Waals surface area contributed by atoms with Crippen LogP contribution in [0.5, 0.6) is 0 Å². The summed E-state index contributed by atoms with van der Waals surface area (Å²) in [5.74, 6) is 0. The van der Waals surface area contributed by atoms with Crippen LogP contribution >= 0.6 is 0 Å². The average Bonchev–Trinajstić information content (AvgIpc) is 2.49. The van der Waals surface area contributed by atoms with E-state index in [1.165, 1.54) is 0 Å². The predicted molar refractivity (Wildman–Crippen MR) is 55.0 cm³/mol. The topological polar surface area (TPSA) is 33.3 Å². The number of ether oxygens (including phenoxy) is 1. The van der Waals surface area contributed by atoms with Crippen molar-refractivity contribution in [3.63, 3.8) is 0 Å². The minimum atomic E-state index is 0.0211. The molecule has 1 atom stereocenters. The lowest BCUT2D eigenvalue weighted by Crippen LogP contribution is -2.49. The van der Waals surface area contributed by atoms with Crippen LogP contribution in [0.2, 0.25) is 0 Å². The predicted octanol–water partition coefficient (Wildman–Crippen LogP) is 0.753. The lowest BCUT2D eigenvalue weighted by atomic mass is 10.0. The van der Waals surface area contributed by atoms with Crippen LogP contribution in [0.1, 0.15) is 27.2 Å². The summed E-state index contributed by atoms with van der Waals surface area (Å²) in [5.41, 5.74) is 0.196. The fourth-order valence-corrected chi connectivity index (χ4v) is 1.54. The Morgan fingerprint density at radius 3 is 2.54 bits per heavy atom. The van der Waals surface area contributed by atoms with Crippen molar-refractivity contribution in [3.8, 4) is 0 Å². The molecule has 1 fully saturated rings. The smallest absolute Gasteiger partial charge is 0.0938 e. The summed E-state index contributed by atoms with van der Waals surface area (Å²) in [4.78, 5) is 0. The van der Waals surface area contributed by atoms with E-state index in [9.17, 15) is 0 Å². The Kier molecular flexibility index (Phi) is 3.33. The number of rotatable bonds is 3. The molecule has 0 aliphatic carbocycles. The standard InChI is InChI=1S/C10H22N2O/c1-9(2,3)12-8-10(13-4)5-6-11-7-10/h11-12H,5-8H2,1-4H3. The molecule has 1 unspecified atom stereocenters. The maximum Gasteiger partial charge on any atom is 0.0938 e. The molecule has 78 valence electrons. The molecule has 3 heteroatoms. The van der Waals surface area contributed by atoms with Crippen molar-refractivity contribution in [2.24, 2.45) is 0 Å². The second kappa shape index (κ2) is 3.95. The van der Waals surface area contributed by atoms with Crippen LogP contribution in [0.3, 0.4) is 0 Å². The van der Waals surface area contributed by atoms with Gasteiger partial charge in [-0.05, 0) is 33.7 Å². The second-order valence-electron chi connectivity index (χ2n) is 4.92. The third-order valence-electron chi connectivity index (χ3n) is 2.58. The zero-order valence-electron chi connectivity index (χ0n) is 9.24. The van der Waals surface area contributed by atoms with Crippen molar-refractivity contribution in [3.05, 3.63) is 0 Å². The van der Waals surface area contributed by atoms with Crippen molar-refractivity contribution in [1.29, 1.82) is 0 Å². The normalized spacial score (nSPS) is 29.5. The SMILES string of the molecule is COC1(CNC(C)(C)C)CCNC1. The average molecular weight is 186 g/mol. The van der Waals surface area contributed by atoms with Crippen LogP contribution in [0, 0.1) is 0 Å². The number of hydrogen-bond donors (Lipinski definition) is 2.